The minimum Gasteiger partial charge on any atom is -0.481 e. The van der Waals surface area contributed by atoms with E-state index in [4.69, 9.17) is 21.4 Å². The molecule has 1 atom stereocenters. The predicted molar refractivity (Wildman–Crippen MR) is 65.1 cm³/mol. The van der Waals surface area contributed by atoms with E-state index in [2.05, 4.69) is 4.98 Å². The lowest BCUT2D eigenvalue weighted by molar-refractivity contribution is -0.137. The zero-order valence-corrected chi connectivity index (χ0v) is 10.5. The molecule has 0 spiro atoms. The number of aliphatic carboxylic acids is 1. The lowest BCUT2D eigenvalue weighted by Gasteiger charge is -2.14. The molecule has 1 aromatic rings. The average molecular weight is 258 g/mol. The molecule has 1 N–H and O–H groups in total. The Kier molecular flexibility index (Phi) is 5.94. The van der Waals surface area contributed by atoms with Gasteiger partial charge in [-0.3, -0.25) is 9.78 Å². The first-order valence-corrected chi connectivity index (χ1v) is 5.87. The van der Waals surface area contributed by atoms with Crippen molar-refractivity contribution in [1.82, 2.24) is 4.98 Å². The Hall–Kier alpha value is -1.13. The average Bonchev–Trinajstić information content (AvgIpc) is 2.29. The first-order chi connectivity index (χ1) is 8.13. The van der Waals surface area contributed by atoms with Crippen molar-refractivity contribution in [3.8, 4) is 0 Å². The molecule has 0 aliphatic rings. The summed E-state index contributed by atoms with van der Waals surface area (Å²) in [5, 5.41) is 9.16. The minimum absolute atomic E-state index is 0.123. The summed E-state index contributed by atoms with van der Waals surface area (Å²) in [7, 11) is 1.62. The molecule has 4 nitrogen and oxygen atoms in total. The first kappa shape index (κ1) is 13.9. The van der Waals surface area contributed by atoms with Gasteiger partial charge in [0.15, 0.2) is 0 Å². The maximum Gasteiger partial charge on any atom is 0.303 e. The number of hydrogen-bond acceptors (Lipinski definition) is 3. The molecule has 1 aromatic heterocycles. The minimum atomic E-state index is -0.764. The fourth-order valence-electron chi connectivity index (χ4n) is 1.59. The van der Waals surface area contributed by atoms with Crippen LogP contribution in [0.3, 0.4) is 0 Å². The lowest BCUT2D eigenvalue weighted by atomic mass is 10.1. The Bertz CT molecular complexity index is 371. The van der Waals surface area contributed by atoms with Gasteiger partial charge in [0.2, 0.25) is 0 Å². The number of pyridine rings is 1. The predicted octanol–water partition coefficient (Wildman–Crippen LogP) is 3.07. The van der Waals surface area contributed by atoms with Crippen molar-refractivity contribution in [2.24, 2.45) is 0 Å². The fourth-order valence-corrected chi connectivity index (χ4v) is 1.76. The molecular weight excluding hydrogens is 242 g/mol. The van der Waals surface area contributed by atoms with E-state index in [9.17, 15) is 4.79 Å². The normalized spacial score (nSPS) is 12.4. The molecule has 0 radical (unpaired) electrons. The number of nitrogens with zero attached hydrogens (tertiary/aromatic N) is 1. The molecule has 0 bridgehead atoms. The van der Waals surface area contributed by atoms with Gasteiger partial charge in [0.05, 0.1) is 11.8 Å². The van der Waals surface area contributed by atoms with Crippen LogP contribution in [-0.2, 0) is 9.53 Å². The third-order valence-electron chi connectivity index (χ3n) is 2.46. The van der Waals surface area contributed by atoms with E-state index in [-0.39, 0.29) is 12.5 Å². The monoisotopic (exact) mass is 257 g/mol. The van der Waals surface area contributed by atoms with E-state index < -0.39 is 5.97 Å². The summed E-state index contributed by atoms with van der Waals surface area (Å²) >= 11 is 5.88. The molecule has 0 aromatic carbocycles. The molecule has 5 heteroatoms. The second kappa shape index (κ2) is 7.25. The second-order valence-electron chi connectivity index (χ2n) is 3.76. The van der Waals surface area contributed by atoms with Crippen LogP contribution in [0, 0.1) is 0 Å². The van der Waals surface area contributed by atoms with Gasteiger partial charge in [-0.05, 0) is 31.4 Å². The number of unbranched alkanes of at least 4 members (excludes halogenated alkanes) is 1. The van der Waals surface area contributed by atoms with Gasteiger partial charge in [0.25, 0.3) is 0 Å². The summed E-state index contributed by atoms with van der Waals surface area (Å²) in [6, 6.07) is 3.48. The van der Waals surface area contributed by atoms with Crippen LogP contribution in [-0.4, -0.2) is 23.2 Å². The van der Waals surface area contributed by atoms with Crippen molar-refractivity contribution in [3.05, 3.63) is 29.0 Å². The number of ether oxygens (including phenoxy) is 1. The van der Waals surface area contributed by atoms with Gasteiger partial charge in [-0.15, -0.1) is 0 Å². The molecule has 17 heavy (non-hydrogen) atoms. The highest BCUT2D eigenvalue weighted by atomic mass is 35.5. The summed E-state index contributed by atoms with van der Waals surface area (Å²) in [5.74, 6) is -0.764. The number of hydrogen-bond donors (Lipinski definition) is 1. The van der Waals surface area contributed by atoms with E-state index >= 15 is 0 Å². The van der Waals surface area contributed by atoms with Crippen molar-refractivity contribution in [3.63, 3.8) is 0 Å². The number of carboxylic acids is 1. The Balaban J connectivity index is 2.45. The molecule has 0 amide bonds. The standard InChI is InChI=1S/C12H16ClNO3/c1-17-11(4-2-3-5-12(15)16)10-8-9(13)6-7-14-10/h6-8,11H,2-5H2,1H3,(H,15,16)/t11-/m0/s1. The third kappa shape index (κ3) is 5.15. The quantitative estimate of drug-likeness (QED) is 0.763. The highest BCUT2D eigenvalue weighted by Crippen LogP contribution is 2.23. The summed E-state index contributed by atoms with van der Waals surface area (Å²) in [6.45, 7) is 0. The molecule has 0 unspecified atom stereocenters. The van der Waals surface area contributed by atoms with E-state index in [1.165, 1.54) is 0 Å². The third-order valence-corrected chi connectivity index (χ3v) is 2.70. The van der Waals surface area contributed by atoms with E-state index in [1.54, 1.807) is 25.4 Å². The smallest absolute Gasteiger partial charge is 0.303 e. The number of rotatable bonds is 7. The molecule has 0 saturated heterocycles. The van der Waals surface area contributed by atoms with Gasteiger partial charge in [0.1, 0.15) is 0 Å². The van der Waals surface area contributed by atoms with Gasteiger partial charge < -0.3 is 9.84 Å². The fraction of sp³-hybridized carbons (Fsp3) is 0.500. The molecule has 0 saturated carbocycles. The molecule has 0 aliphatic heterocycles. The largest absolute Gasteiger partial charge is 0.481 e. The van der Waals surface area contributed by atoms with Gasteiger partial charge in [-0.2, -0.15) is 0 Å². The Morgan fingerprint density at radius 1 is 1.59 bits per heavy atom. The van der Waals surface area contributed by atoms with Crippen LogP contribution in [0.5, 0.6) is 0 Å². The number of carboxylic acid groups (broad SMARTS) is 1. The number of halogens is 1. The highest BCUT2D eigenvalue weighted by molar-refractivity contribution is 6.30. The zero-order chi connectivity index (χ0) is 12.7. The molecule has 0 fully saturated rings. The van der Waals surface area contributed by atoms with Gasteiger partial charge in [-0.25, -0.2) is 0 Å². The van der Waals surface area contributed by atoms with Gasteiger partial charge in [-0.1, -0.05) is 11.6 Å². The maximum atomic E-state index is 10.4. The van der Waals surface area contributed by atoms with Crippen LogP contribution in [0.1, 0.15) is 37.5 Å². The van der Waals surface area contributed by atoms with Crippen LogP contribution in [0.15, 0.2) is 18.3 Å². The van der Waals surface area contributed by atoms with Crippen LogP contribution >= 0.6 is 11.6 Å². The van der Waals surface area contributed by atoms with E-state index in [1.807, 2.05) is 0 Å². The van der Waals surface area contributed by atoms with E-state index in [0.717, 1.165) is 18.5 Å². The molecule has 94 valence electrons. The lowest BCUT2D eigenvalue weighted by Crippen LogP contribution is -2.04. The zero-order valence-electron chi connectivity index (χ0n) is 9.73. The molecule has 1 heterocycles. The number of aromatic nitrogens is 1. The van der Waals surface area contributed by atoms with Crippen molar-refractivity contribution in [2.45, 2.75) is 31.8 Å². The van der Waals surface area contributed by atoms with Crippen LogP contribution in [0.2, 0.25) is 5.02 Å². The van der Waals surface area contributed by atoms with Crippen molar-refractivity contribution >= 4 is 17.6 Å². The van der Waals surface area contributed by atoms with Crippen LogP contribution in [0.25, 0.3) is 0 Å². The summed E-state index contributed by atoms with van der Waals surface area (Å²) in [4.78, 5) is 14.6. The molecular formula is C12H16ClNO3. The highest BCUT2D eigenvalue weighted by Gasteiger charge is 2.12. The summed E-state index contributed by atoms with van der Waals surface area (Å²) in [6.07, 6.45) is 3.90. The molecule has 1 rings (SSSR count). The Labute approximate surface area is 106 Å². The van der Waals surface area contributed by atoms with Crippen LogP contribution < -0.4 is 0 Å². The Morgan fingerprint density at radius 3 is 2.94 bits per heavy atom. The van der Waals surface area contributed by atoms with Gasteiger partial charge >= 0.3 is 5.97 Å². The van der Waals surface area contributed by atoms with Gasteiger partial charge in [0, 0.05) is 24.8 Å². The van der Waals surface area contributed by atoms with Crippen LogP contribution in [0.4, 0.5) is 0 Å². The van der Waals surface area contributed by atoms with Crippen molar-refractivity contribution < 1.29 is 14.6 Å². The number of carbonyl (C=O) groups is 1. The maximum absolute atomic E-state index is 10.4. The topological polar surface area (TPSA) is 59.4 Å². The first-order valence-electron chi connectivity index (χ1n) is 5.49. The second-order valence-corrected chi connectivity index (χ2v) is 4.20. The summed E-state index contributed by atoms with van der Waals surface area (Å²) < 4.78 is 5.33. The summed E-state index contributed by atoms with van der Waals surface area (Å²) in [5.41, 5.74) is 0.787. The molecule has 0 aliphatic carbocycles. The number of methoxy groups -OCH3 is 1. The SMILES string of the molecule is CO[C@@H](CCCCC(=O)O)c1cc(Cl)ccn1. The van der Waals surface area contributed by atoms with E-state index in [0.29, 0.717) is 11.4 Å². The van der Waals surface area contributed by atoms with Crippen molar-refractivity contribution in [1.29, 1.82) is 0 Å². The van der Waals surface area contributed by atoms with Crippen molar-refractivity contribution in [2.75, 3.05) is 7.11 Å². The Morgan fingerprint density at radius 2 is 2.35 bits per heavy atom.